The van der Waals surface area contributed by atoms with Gasteiger partial charge in [-0.25, -0.2) is 13.4 Å². The molecule has 9 heteroatoms. The lowest BCUT2D eigenvalue weighted by Crippen LogP contribution is -2.38. The molecule has 0 atom stereocenters. The van der Waals surface area contributed by atoms with Crippen LogP contribution in [0.4, 0.5) is 11.4 Å². The van der Waals surface area contributed by atoms with Crippen LogP contribution in [0.5, 0.6) is 5.88 Å². The zero-order valence-electron chi connectivity index (χ0n) is 17.6. The summed E-state index contributed by atoms with van der Waals surface area (Å²) in [7, 11) is -3.31. The van der Waals surface area contributed by atoms with Gasteiger partial charge in [-0.15, -0.1) is 0 Å². The highest BCUT2D eigenvalue weighted by atomic mass is 32.2. The third-order valence-electron chi connectivity index (χ3n) is 5.31. The van der Waals surface area contributed by atoms with Gasteiger partial charge in [-0.05, 0) is 36.4 Å². The second kappa shape index (κ2) is 9.35. The number of carbonyl (C=O) groups is 1. The van der Waals surface area contributed by atoms with Gasteiger partial charge in [0.25, 0.3) is 5.91 Å². The first-order chi connectivity index (χ1) is 15.4. The number of aromatic nitrogens is 2. The van der Waals surface area contributed by atoms with Gasteiger partial charge in [-0.3, -0.25) is 9.78 Å². The molecule has 0 saturated carbocycles. The van der Waals surface area contributed by atoms with Crippen molar-refractivity contribution < 1.29 is 17.9 Å². The molecule has 0 radical (unpaired) electrons. The zero-order chi connectivity index (χ0) is 22.6. The standard InChI is InChI=1S/C23H24N4O4S/c1-32(29,30)19-8-6-17(7-9-19)23(28)26-20-4-2-3-5-21(20)27-14-10-18(11-15-27)31-22-16-24-12-13-25-22/h2-9,12-13,16,18H,10-11,14-15H2,1H3,(H,26,28). The SMILES string of the molecule is CS(=O)(=O)c1ccc(C(=O)Nc2ccccc2N2CCC(Oc3cnccn3)CC2)cc1. The van der Waals surface area contributed by atoms with Gasteiger partial charge < -0.3 is 15.0 Å². The first-order valence-corrected chi connectivity index (χ1v) is 12.2. The summed E-state index contributed by atoms with van der Waals surface area (Å²) in [6.45, 7) is 1.56. The maximum absolute atomic E-state index is 12.8. The number of piperidine rings is 1. The molecule has 3 aromatic rings. The fourth-order valence-electron chi connectivity index (χ4n) is 3.63. The van der Waals surface area contributed by atoms with Crippen LogP contribution in [-0.4, -0.2) is 49.7 Å². The van der Waals surface area contributed by atoms with E-state index in [0.717, 1.165) is 37.9 Å². The first kappa shape index (κ1) is 21.8. The minimum absolute atomic E-state index is 0.0677. The third-order valence-corrected chi connectivity index (χ3v) is 6.43. The summed E-state index contributed by atoms with van der Waals surface area (Å²) in [6.07, 6.45) is 7.69. The van der Waals surface area contributed by atoms with E-state index in [2.05, 4.69) is 20.2 Å². The molecule has 2 aromatic carbocycles. The van der Waals surface area contributed by atoms with Gasteiger partial charge in [-0.1, -0.05) is 12.1 Å². The van der Waals surface area contributed by atoms with Crippen molar-refractivity contribution in [1.29, 1.82) is 0 Å². The summed E-state index contributed by atoms with van der Waals surface area (Å²) in [6, 6.07) is 13.6. The maximum atomic E-state index is 12.8. The quantitative estimate of drug-likeness (QED) is 0.613. The molecule has 2 heterocycles. The lowest BCUT2D eigenvalue weighted by atomic mass is 10.1. The molecule has 166 valence electrons. The topological polar surface area (TPSA) is 101 Å². The Bertz CT molecular complexity index is 1180. The molecule has 1 fully saturated rings. The average Bonchev–Trinajstić information content (AvgIpc) is 2.80. The fourth-order valence-corrected chi connectivity index (χ4v) is 4.27. The number of hydrogen-bond donors (Lipinski definition) is 1. The highest BCUT2D eigenvalue weighted by Crippen LogP contribution is 2.29. The van der Waals surface area contributed by atoms with Crippen LogP contribution in [0.2, 0.25) is 0 Å². The number of anilines is 2. The highest BCUT2D eigenvalue weighted by Gasteiger charge is 2.23. The third kappa shape index (κ3) is 5.23. The number of nitrogens with zero attached hydrogens (tertiary/aromatic N) is 3. The van der Waals surface area contributed by atoms with Crippen LogP contribution in [0.3, 0.4) is 0 Å². The number of para-hydroxylation sites is 2. The number of hydrogen-bond acceptors (Lipinski definition) is 7. The number of nitrogens with one attached hydrogen (secondary N) is 1. The molecule has 0 aliphatic carbocycles. The molecule has 0 unspecified atom stereocenters. The number of rotatable bonds is 6. The van der Waals surface area contributed by atoms with Gasteiger partial charge in [0.1, 0.15) is 6.10 Å². The van der Waals surface area contributed by atoms with Crippen LogP contribution in [0, 0.1) is 0 Å². The smallest absolute Gasteiger partial charge is 0.255 e. The summed E-state index contributed by atoms with van der Waals surface area (Å²) in [5.74, 6) is 0.235. The Labute approximate surface area is 187 Å². The Balaban J connectivity index is 1.41. The van der Waals surface area contributed by atoms with Crippen LogP contribution in [0.1, 0.15) is 23.2 Å². The summed E-state index contributed by atoms with van der Waals surface area (Å²) in [4.78, 5) is 23.3. The number of benzene rings is 2. The van der Waals surface area contributed by atoms with Crippen molar-refractivity contribution in [3.05, 3.63) is 72.7 Å². The van der Waals surface area contributed by atoms with E-state index >= 15 is 0 Å². The Kier molecular flexibility index (Phi) is 6.36. The molecule has 0 bridgehead atoms. The molecular weight excluding hydrogens is 428 g/mol. The van der Waals surface area contributed by atoms with E-state index in [4.69, 9.17) is 4.74 Å². The van der Waals surface area contributed by atoms with E-state index in [1.807, 2.05) is 24.3 Å². The van der Waals surface area contributed by atoms with Crippen molar-refractivity contribution in [2.45, 2.75) is 23.8 Å². The molecule has 1 aromatic heterocycles. The average molecular weight is 453 g/mol. The van der Waals surface area contributed by atoms with Gasteiger partial charge in [0.15, 0.2) is 9.84 Å². The van der Waals surface area contributed by atoms with E-state index in [1.54, 1.807) is 18.6 Å². The molecule has 1 saturated heterocycles. The lowest BCUT2D eigenvalue weighted by molar-refractivity contribution is 0.102. The van der Waals surface area contributed by atoms with E-state index in [-0.39, 0.29) is 16.9 Å². The van der Waals surface area contributed by atoms with Gasteiger partial charge >= 0.3 is 0 Å². The van der Waals surface area contributed by atoms with E-state index in [9.17, 15) is 13.2 Å². The van der Waals surface area contributed by atoms with E-state index < -0.39 is 9.84 Å². The first-order valence-electron chi connectivity index (χ1n) is 10.3. The van der Waals surface area contributed by atoms with Crippen molar-refractivity contribution in [3.63, 3.8) is 0 Å². The molecule has 1 aliphatic heterocycles. The molecule has 0 spiro atoms. The molecule has 1 N–H and O–H groups in total. The summed E-state index contributed by atoms with van der Waals surface area (Å²) in [5.41, 5.74) is 2.04. The van der Waals surface area contributed by atoms with Crippen LogP contribution in [0.25, 0.3) is 0 Å². The maximum Gasteiger partial charge on any atom is 0.255 e. The van der Waals surface area contributed by atoms with Crippen molar-refractivity contribution in [3.8, 4) is 5.88 Å². The molecule has 32 heavy (non-hydrogen) atoms. The predicted octanol–water partition coefficient (Wildman–Crippen LogP) is 3.18. The lowest BCUT2D eigenvalue weighted by Gasteiger charge is -2.34. The minimum Gasteiger partial charge on any atom is -0.473 e. The summed E-state index contributed by atoms with van der Waals surface area (Å²) >= 11 is 0. The number of ether oxygens (including phenoxy) is 1. The molecular formula is C23H24N4O4S. The number of sulfone groups is 1. The Morgan fingerprint density at radius 3 is 2.44 bits per heavy atom. The van der Waals surface area contributed by atoms with Crippen LogP contribution < -0.4 is 15.0 Å². The van der Waals surface area contributed by atoms with Crippen molar-refractivity contribution in [2.24, 2.45) is 0 Å². The fraction of sp³-hybridized carbons (Fsp3) is 0.261. The van der Waals surface area contributed by atoms with Crippen molar-refractivity contribution in [2.75, 3.05) is 29.6 Å². The van der Waals surface area contributed by atoms with Crippen LogP contribution >= 0.6 is 0 Å². The van der Waals surface area contributed by atoms with Gasteiger partial charge in [0, 0.05) is 50.1 Å². The Morgan fingerprint density at radius 2 is 1.78 bits per heavy atom. The second-order valence-corrected chi connectivity index (χ2v) is 9.63. The molecule has 1 amide bonds. The molecule has 1 aliphatic rings. The zero-order valence-corrected chi connectivity index (χ0v) is 18.5. The molecule has 4 rings (SSSR count). The Hall–Kier alpha value is -3.46. The highest BCUT2D eigenvalue weighted by molar-refractivity contribution is 7.90. The largest absolute Gasteiger partial charge is 0.473 e. The second-order valence-electron chi connectivity index (χ2n) is 7.62. The van der Waals surface area contributed by atoms with Crippen molar-refractivity contribution >= 4 is 27.1 Å². The normalized spacial score (nSPS) is 14.7. The van der Waals surface area contributed by atoms with Crippen molar-refractivity contribution in [1.82, 2.24) is 9.97 Å². The Morgan fingerprint density at radius 1 is 1.06 bits per heavy atom. The monoisotopic (exact) mass is 452 g/mol. The van der Waals surface area contributed by atoms with E-state index in [1.165, 1.54) is 24.3 Å². The summed E-state index contributed by atoms with van der Waals surface area (Å²) in [5, 5.41) is 2.95. The minimum atomic E-state index is -3.31. The van der Waals surface area contributed by atoms with Crippen LogP contribution in [-0.2, 0) is 9.84 Å². The number of carbonyl (C=O) groups excluding carboxylic acids is 1. The van der Waals surface area contributed by atoms with Gasteiger partial charge in [-0.2, -0.15) is 0 Å². The van der Waals surface area contributed by atoms with Crippen LogP contribution in [0.15, 0.2) is 72.0 Å². The predicted molar refractivity (Wildman–Crippen MR) is 122 cm³/mol. The summed E-state index contributed by atoms with van der Waals surface area (Å²) < 4.78 is 29.2. The van der Waals surface area contributed by atoms with E-state index in [0.29, 0.717) is 17.1 Å². The molecule has 8 nitrogen and oxygen atoms in total. The van der Waals surface area contributed by atoms with Gasteiger partial charge in [0.05, 0.1) is 22.5 Å². The van der Waals surface area contributed by atoms with Gasteiger partial charge in [0.2, 0.25) is 5.88 Å². The number of amides is 1.